The van der Waals surface area contributed by atoms with Gasteiger partial charge >= 0.3 is 0 Å². The maximum atomic E-state index is 14.3. The highest BCUT2D eigenvalue weighted by atomic mass is 79.9. The van der Waals surface area contributed by atoms with Crippen molar-refractivity contribution in [2.24, 2.45) is 7.05 Å². The van der Waals surface area contributed by atoms with Gasteiger partial charge in [-0.1, -0.05) is 12.1 Å². The number of aryl methyl sites for hydroxylation is 1. The molecule has 1 aliphatic rings. The van der Waals surface area contributed by atoms with E-state index in [0.29, 0.717) is 23.2 Å². The van der Waals surface area contributed by atoms with Gasteiger partial charge in [0.2, 0.25) is 0 Å². The van der Waals surface area contributed by atoms with Crippen LogP contribution in [0.2, 0.25) is 0 Å². The van der Waals surface area contributed by atoms with E-state index in [0.717, 1.165) is 40.9 Å². The third-order valence-corrected chi connectivity index (χ3v) is 6.47. The maximum absolute atomic E-state index is 14.3. The maximum Gasteiger partial charge on any atom is 0.251 e. The lowest BCUT2D eigenvalue weighted by molar-refractivity contribution is 0.122. The minimum Gasteiger partial charge on any atom is -0.378 e. The molecule has 0 aliphatic carbocycles. The molecule has 4 aromatic rings. The van der Waals surface area contributed by atoms with Gasteiger partial charge in [0.15, 0.2) is 0 Å². The van der Waals surface area contributed by atoms with Gasteiger partial charge in [-0.05, 0) is 39.7 Å². The van der Waals surface area contributed by atoms with E-state index in [9.17, 15) is 9.18 Å². The van der Waals surface area contributed by atoms with E-state index in [-0.39, 0.29) is 17.9 Å². The van der Waals surface area contributed by atoms with Crippen LogP contribution in [0.15, 0.2) is 64.3 Å². The number of morpholine rings is 1. The van der Waals surface area contributed by atoms with Gasteiger partial charge < -0.3 is 18.8 Å². The quantitative estimate of drug-likeness (QED) is 0.425. The molecule has 4 heterocycles. The molecule has 0 unspecified atom stereocenters. The molecular weight excluding hydrogens is 475 g/mol. The van der Waals surface area contributed by atoms with E-state index in [1.54, 1.807) is 30.5 Å². The second kappa shape index (κ2) is 8.52. The molecule has 0 atom stereocenters. The van der Waals surface area contributed by atoms with Gasteiger partial charge in [0, 0.05) is 55.1 Å². The standard InChI is InChI=1S/C24H22BrFN4O2/c1-28-15-20(19-12-18(13-27-24(19)28)29-7-9-32-10-8-29)16-5-6-30(22(31)11-16)14-17-3-2-4-21(25)23(17)26/h2-6,11-13,15H,7-10,14H2,1H3. The van der Waals surface area contributed by atoms with Crippen LogP contribution in [0.1, 0.15) is 5.56 Å². The molecule has 0 spiro atoms. The molecule has 0 amide bonds. The van der Waals surface area contributed by atoms with Gasteiger partial charge in [-0.25, -0.2) is 9.37 Å². The molecular formula is C24H22BrFN4O2. The molecule has 0 N–H and O–H groups in total. The molecule has 0 saturated carbocycles. The zero-order chi connectivity index (χ0) is 22.2. The Morgan fingerprint density at radius 1 is 1.19 bits per heavy atom. The Hall–Kier alpha value is -2.97. The molecule has 1 fully saturated rings. The number of rotatable bonds is 4. The third-order valence-electron chi connectivity index (χ3n) is 5.85. The first-order chi connectivity index (χ1) is 15.5. The van der Waals surface area contributed by atoms with Crippen LogP contribution < -0.4 is 10.5 Å². The molecule has 0 bridgehead atoms. The van der Waals surface area contributed by atoms with Crippen molar-refractivity contribution in [1.29, 1.82) is 0 Å². The Kier molecular flexibility index (Phi) is 5.57. The Labute approximate surface area is 193 Å². The van der Waals surface area contributed by atoms with Crippen LogP contribution >= 0.6 is 15.9 Å². The van der Waals surface area contributed by atoms with Crippen molar-refractivity contribution in [3.05, 3.63) is 81.2 Å². The minimum absolute atomic E-state index is 0.169. The van der Waals surface area contributed by atoms with E-state index < -0.39 is 0 Å². The van der Waals surface area contributed by atoms with Crippen LogP contribution in [0.4, 0.5) is 10.1 Å². The van der Waals surface area contributed by atoms with Gasteiger partial charge in [-0.15, -0.1) is 0 Å². The first-order valence-electron chi connectivity index (χ1n) is 10.4. The molecule has 8 heteroatoms. The molecule has 1 saturated heterocycles. The van der Waals surface area contributed by atoms with Gasteiger partial charge in [0.1, 0.15) is 11.5 Å². The first-order valence-corrected chi connectivity index (χ1v) is 11.2. The average Bonchev–Trinajstić information content (AvgIpc) is 3.14. The van der Waals surface area contributed by atoms with E-state index in [2.05, 4.69) is 31.9 Å². The summed E-state index contributed by atoms with van der Waals surface area (Å²) in [4.78, 5) is 19.8. The fourth-order valence-corrected chi connectivity index (χ4v) is 4.54. The monoisotopic (exact) mass is 496 g/mol. The van der Waals surface area contributed by atoms with E-state index >= 15 is 0 Å². The average molecular weight is 497 g/mol. The number of halogens is 2. The number of nitrogens with zero attached hydrogens (tertiary/aromatic N) is 4. The van der Waals surface area contributed by atoms with Crippen LogP contribution in [0.5, 0.6) is 0 Å². The molecule has 1 aliphatic heterocycles. The van der Waals surface area contributed by atoms with Crippen molar-refractivity contribution in [2.45, 2.75) is 6.54 Å². The smallest absolute Gasteiger partial charge is 0.251 e. The second-order valence-corrected chi connectivity index (χ2v) is 8.77. The zero-order valence-corrected chi connectivity index (χ0v) is 19.2. The summed E-state index contributed by atoms with van der Waals surface area (Å²) in [5.74, 6) is -0.348. The van der Waals surface area contributed by atoms with Gasteiger partial charge in [0.25, 0.3) is 5.56 Å². The predicted octanol–water partition coefficient (Wildman–Crippen LogP) is 4.19. The summed E-state index contributed by atoms with van der Waals surface area (Å²) >= 11 is 3.20. The lowest BCUT2D eigenvalue weighted by Gasteiger charge is -2.28. The van der Waals surface area contributed by atoms with Crippen molar-refractivity contribution in [3.63, 3.8) is 0 Å². The number of anilines is 1. The minimum atomic E-state index is -0.348. The Morgan fingerprint density at radius 2 is 2.00 bits per heavy atom. The summed E-state index contributed by atoms with van der Waals surface area (Å²) in [6.07, 6.45) is 5.60. The largest absolute Gasteiger partial charge is 0.378 e. The van der Waals surface area contributed by atoms with Crippen LogP contribution in [-0.4, -0.2) is 40.4 Å². The number of benzene rings is 1. The highest BCUT2D eigenvalue weighted by Gasteiger charge is 2.16. The molecule has 5 rings (SSSR count). The topological polar surface area (TPSA) is 52.3 Å². The van der Waals surface area contributed by atoms with Gasteiger partial charge in [-0.2, -0.15) is 0 Å². The summed E-state index contributed by atoms with van der Waals surface area (Å²) in [6.45, 7) is 3.24. The van der Waals surface area contributed by atoms with Crippen LogP contribution in [0.3, 0.4) is 0 Å². The summed E-state index contributed by atoms with van der Waals surface area (Å²) in [7, 11) is 1.95. The third kappa shape index (κ3) is 3.84. The normalized spacial score (nSPS) is 14.3. The highest BCUT2D eigenvalue weighted by Crippen LogP contribution is 2.31. The molecule has 3 aromatic heterocycles. The summed E-state index contributed by atoms with van der Waals surface area (Å²) in [5.41, 5.74) is 3.94. The highest BCUT2D eigenvalue weighted by molar-refractivity contribution is 9.10. The van der Waals surface area contributed by atoms with Crippen LogP contribution in [0.25, 0.3) is 22.2 Å². The first kappa shape index (κ1) is 20.9. The van der Waals surface area contributed by atoms with Gasteiger partial charge in [-0.3, -0.25) is 4.79 Å². The van der Waals surface area contributed by atoms with Crippen molar-refractivity contribution >= 4 is 32.7 Å². The number of hydrogen-bond acceptors (Lipinski definition) is 4. The summed E-state index contributed by atoms with van der Waals surface area (Å²) < 4.78 is 23.7. The number of fused-ring (bicyclic) bond motifs is 1. The Morgan fingerprint density at radius 3 is 2.78 bits per heavy atom. The SMILES string of the molecule is Cn1cc(-c2ccn(Cc3cccc(Br)c3F)c(=O)c2)c2cc(N3CCOCC3)cnc21. The predicted molar refractivity (Wildman–Crippen MR) is 127 cm³/mol. The molecule has 32 heavy (non-hydrogen) atoms. The zero-order valence-electron chi connectivity index (χ0n) is 17.6. The van der Waals surface area contributed by atoms with Crippen LogP contribution in [-0.2, 0) is 18.3 Å². The van der Waals surface area contributed by atoms with Crippen molar-refractivity contribution in [3.8, 4) is 11.1 Å². The number of ether oxygens (including phenoxy) is 1. The number of hydrogen-bond donors (Lipinski definition) is 0. The van der Waals surface area contributed by atoms with Gasteiger partial charge in [0.05, 0.1) is 36.1 Å². The van der Waals surface area contributed by atoms with E-state index in [1.165, 1.54) is 4.57 Å². The van der Waals surface area contributed by atoms with Crippen molar-refractivity contribution < 1.29 is 9.13 Å². The Bertz CT molecular complexity index is 1360. The number of aromatic nitrogens is 3. The van der Waals surface area contributed by atoms with E-state index in [1.807, 2.05) is 30.1 Å². The number of pyridine rings is 2. The second-order valence-electron chi connectivity index (χ2n) is 7.91. The summed E-state index contributed by atoms with van der Waals surface area (Å²) in [5, 5.41) is 0.992. The van der Waals surface area contributed by atoms with E-state index in [4.69, 9.17) is 4.74 Å². The summed E-state index contributed by atoms with van der Waals surface area (Å²) in [6, 6.07) is 10.7. The molecule has 6 nitrogen and oxygen atoms in total. The van der Waals surface area contributed by atoms with Crippen LogP contribution in [0, 0.1) is 5.82 Å². The molecule has 164 valence electrons. The fraction of sp³-hybridized carbons (Fsp3) is 0.250. The lowest BCUT2D eigenvalue weighted by atomic mass is 10.1. The van der Waals surface area contributed by atoms with Crippen molar-refractivity contribution in [1.82, 2.24) is 14.1 Å². The Balaban J connectivity index is 1.51. The van der Waals surface area contributed by atoms with Crippen molar-refractivity contribution in [2.75, 3.05) is 31.2 Å². The lowest BCUT2D eigenvalue weighted by Crippen LogP contribution is -2.36. The molecule has 1 aromatic carbocycles. The fourth-order valence-electron chi connectivity index (χ4n) is 4.13. The molecule has 0 radical (unpaired) electrons.